The van der Waals surface area contributed by atoms with Gasteiger partial charge in [-0.2, -0.15) is 9.38 Å². The van der Waals surface area contributed by atoms with Gasteiger partial charge in [0.25, 0.3) is 5.56 Å². The molecule has 2 aromatic rings. The number of hydrogen-bond donors (Lipinski definition) is 2. The molecular weight excluding hydrogens is 533 g/mol. The number of nitrogens with one attached hydrogen (secondary N) is 1. The van der Waals surface area contributed by atoms with Crippen LogP contribution in [-0.4, -0.2) is 45.6 Å². The zero-order chi connectivity index (χ0) is 22.4. The van der Waals surface area contributed by atoms with Crippen molar-refractivity contribution in [1.29, 1.82) is 0 Å². The van der Waals surface area contributed by atoms with Crippen LogP contribution in [0.3, 0.4) is 0 Å². The summed E-state index contributed by atoms with van der Waals surface area (Å²) in [5, 5.41) is 14.6. The molecular formula is C20H22IN5O4S. The maximum atomic E-state index is 13.0. The number of hydrogen-bond acceptors (Lipinski definition) is 7. The first-order chi connectivity index (χ1) is 14.5. The fourth-order valence-electron chi connectivity index (χ4n) is 4.01. The van der Waals surface area contributed by atoms with Gasteiger partial charge in [-0.3, -0.25) is 9.36 Å². The van der Waals surface area contributed by atoms with E-state index in [1.54, 1.807) is 42.0 Å². The summed E-state index contributed by atoms with van der Waals surface area (Å²) in [4.78, 5) is 21.9. The van der Waals surface area contributed by atoms with Crippen LogP contribution in [0.1, 0.15) is 38.6 Å². The summed E-state index contributed by atoms with van der Waals surface area (Å²) in [6.45, 7) is 1.76. The molecule has 0 unspecified atom stereocenters. The number of nitrogens with zero attached hydrogens (tertiary/aromatic N) is 4. The molecule has 2 aliphatic carbocycles. The Bertz CT molecular complexity index is 1310. The Morgan fingerprint density at radius 3 is 2.77 bits per heavy atom. The molecule has 0 aliphatic heterocycles. The molecule has 2 aromatic heterocycles. The minimum Gasteiger partial charge on any atom is -0.388 e. The molecule has 11 heteroatoms. The van der Waals surface area contributed by atoms with E-state index >= 15 is 0 Å². The number of aromatic nitrogens is 3. The fourth-order valence-corrected chi connectivity index (χ4v) is 5.17. The second-order valence-electron chi connectivity index (χ2n) is 8.04. The number of rotatable bonds is 4. The molecule has 1 saturated carbocycles. The van der Waals surface area contributed by atoms with E-state index in [9.17, 15) is 18.3 Å². The molecule has 31 heavy (non-hydrogen) atoms. The van der Waals surface area contributed by atoms with Crippen molar-refractivity contribution in [2.75, 3.05) is 11.6 Å². The van der Waals surface area contributed by atoms with E-state index in [1.807, 2.05) is 22.6 Å². The van der Waals surface area contributed by atoms with Crippen molar-refractivity contribution in [3.8, 4) is 0 Å². The number of aliphatic hydroxyl groups is 1. The molecule has 2 atom stereocenters. The Morgan fingerprint density at radius 1 is 1.39 bits per heavy atom. The van der Waals surface area contributed by atoms with Crippen molar-refractivity contribution in [3.05, 3.63) is 50.1 Å². The van der Waals surface area contributed by atoms with E-state index in [2.05, 4.69) is 19.7 Å². The van der Waals surface area contributed by atoms with Crippen molar-refractivity contribution < 1.29 is 13.5 Å². The van der Waals surface area contributed by atoms with Crippen LogP contribution in [0.2, 0.25) is 0 Å². The third-order valence-electron chi connectivity index (χ3n) is 5.45. The summed E-state index contributed by atoms with van der Waals surface area (Å²) in [5.41, 5.74) is 0.445. The van der Waals surface area contributed by atoms with Crippen molar-refractivity contribution in [3.63, 3.8) is 0 Å². The first kappa shape index (κ1) is 22.1. The van der Waals surface area contributed by atoms with E-state index in [0.717, 1.165) is 12.7 Å². The largest absolute Gasteiger partial charge is 0.388 e. The first-order valence-corrected chi connectivity index (χ1v) is 12.7. The van der Waals surface area contributed by atoms with Crippen LogP contribution in [0.5, 0.6) is 0 Å². The van der Waals surface area contributed by atoms with Gasteiger partial charge in [-0.05, 0) is 67.0 Å². The zero-order valence-electron chi connectivity index (χ0n) is 17.0. The van der Waals surface area contributed by atoms with E-state index in [1.165, 1.54) is 0 Å². The van der Waals surface area contributed by atoms with Gasteiger partial charge in [0, 0.05) is 23.7 Å². The van der Waals surface area contributed by atoms with Gasteiger partial charge in [-0.1, -0.05) is 6.08 Å². The molecule has 0 bridgehead atoms. The molecule has 0 saturated heterocycles. The molecule has 0 aromatic carbocycles. The van der Waals surface area contributed by atoms with Crippen molar-refractivity contribution in [2.24, 2.45) is 4.40 Å². The Morgan fingerprint density at radius 2 is 2.16 bits per heavy atom. The summed E-state index contributed by atoms with van der Waals surface area (Å²) < 4.78 is 28.4. The van der Waals surface area contributed by atoms with Crippen molar-refractivity contribution >= 4 is 55.3 Å². The minimum atomic E-state index is -3.45. The molecule has 9 nitrogen and oxygen atoms in total. The fraction of sp³-hybridized carbons (Fsp3) is 0.400. The Hall–Kier alpha value is -2.12. The van der Waals surface area contributed by atoms with Gasteiger partial charge in [0.1, 0.15) is 5.65 Å². The third kappa shape index (κ3) is 4.72. The van der Waals surface area contributed by atoms with E-state index in [4.69, 9.17) is 0 Å². The topological polar surface area (TPSA) is 127 Å². The molecule has 0 amide bonds. The molecule has 2 N–H and O–H groups in total. The molecule has 2 heterocycles. The lowest BCUT2D eigenvalue weighted by Gasteiger charge is -2.28. The minimum absolute atomic E-state index is 0.177. The lowest BCUT2D eigenvalue weighted by atomic mass is 10.00. The van der Waals surface area contributed by atoms with Gasteiger partial charge in [-0.25, -0.2) is 13.4 Å². The van der Waals surface area contributed by atoms with Crippen LogP contribution in [0.25, 0.3) is 11.0 Å². The van der Waals surface area contributed by atoms with Gasteiger partial charge in [0.15, 0.2) is 0 Å². The van der Waals surface area contributed by atoms with Crippen LogP contribution in [0.15, 0.2) is 45.4 Å². The highest BCUT2D eigenvalue weighted by atomic mass is 127. The van der Waals surface area contributed by atoms with Crippen LogP contribution in [-0.2, 0) is 10.0 Å². The first-order valence-electron chi connectivity index (χ1n) is 9.78. The predicted molar refractivity (Wildman–Crippen MR) is 128 cm³/mol. The number of allylic oxidation sites excluding steroid dienone is 3. The molecule has 4 rings (SSSR count). The number of pyridine rings is 1. The standard InChI is InChI=1S/C20H22IN5O4S/c1-20(28)9-3-4-16(20)26-17-12(10-15(21)18(26)27)11-22-19(24-17)23-13-5-7-14(8-6-13)25-31(2,29)30/h5-7,10-11,16,28H,3-4,8-9H2,1-2H3,(H,22,23,24)/t16-,20-/m1/s1. The summed E-state index contributed by atoms with van der Waals surface area (Å²) in [5.74, 6) is 0.305. The number of fused-ring (bicyclic) bond motifs is 1. The Kier molecular flexibility index (Phi) is 5.77. The average Bonchev–Trinajstić information content (AvgIpc) is 3.02. The number of anilines is 1. The highest BCUT2D eigenvalue weighted by Gasteiger charge is 2.39. The lowest BCUT2D eigenvalue weighted by Crippen LogP contribution is -2.38. The number of sulfonamides is 1. The van der Waals surface area contributed by atoms with Gasteiger partial charge < -0.3 is 10.4 Å². The smallest absolute Gasteiger partial charge is 0.266 e. The van der Waals surface area contributed by atoms with Crippen molar-refractivity contribution in [1.82, 2.24) is 14.5 Å². The lowest BCUT2D eigenvalue weighted by molar-refractivity contribution is 0.0266. The van der Waals surface area contributed by atoms with Crippen LogP contribution in [0.4, 0.5) is 5.95 Å². The predicted octanol–water partition coefficient (Wildman–Crippen LogP) is 2.53. The normalized spacial score (nSPS) is 25.2. The second-order valence-corrected chi connectivity index (χ2v) is 10.9. The molecule has 164 valence electrons. The van der Waals surface area contributed by atoms with Gasteiger partial charge in [0.05, 0.1) is 27.2 Å². The van der Waals surface area contributed by atoms with E-state index in [-0.39, 0.29) is 11.6 Å². The Balaban J connectivity index is 1.70. The van der Waals surface area contributed by atoms with Gasteiger partial charge in [-0.15, -0.1) is 0 Å². The maximum Gasteiger partial charge on any atom is 0.266 e. The molecule has 2 aliphatic rings. The Labute approximate surface area is 193 Å². The summed E-state index contributed by atoms with van der Waals surface area (Å²) >= 11 is 2.00. The summed E-state index contributed by atoms with van der Waals surface area (Å²) in [7, 11) is -3.45. The highest BCUT2D eigenvalue weighted by molar-refractivity contribution is 14.1. The second kappa shape index (κ2) is 8.10. The molecule has 0 radical (unpaired) electrons. The quantitative estimate of drug-likeness (QED) is 0.556. The summed E-state index contributed by atoms with van der Waals surface area (Å²) in [6, 6.07) is 1.39. The average molecular weight is 555 g/mol. The molecule has 1 fully saturated rings. The van der Waals surface area contributed by atoms with Crippen LogP contribution >= 0.6 is 22.6 Å². The van der Waals surface area contributed by atoms with Gasteiger partial charge >= 0.3 is 0 Å². The summed E-state index contributed by atoms with van der Waals surface area (Å²) in [6.07, 6.45) is 10.3. The van der Waals surface area contributed by atoms with Crippen LogP contribution in [0, 0.1) is 3.57 Å². The van der Waals surface area contributed by atoms with Crippen molar-refractivity contribution in [2.45, 2.75) is 44.2 Å². The van der Waals surface area contributed by atoms with E-state index in [0.29, 0.717) is 51.2 Å². The van der Waals surface area contributed by atoms with Gasteiger partial charge in [0.2, 0.25) is 16.0 Å². The number of halogens is 1. The monoisotopic (exact) mass is 555 g/mol. The zero-order valence-corrected chi connectivity index (χ0v) is 20.0. The SMILES string of the molecule is C[C@@]1(O)CCC[C@H]1n1c(=O)c(I)cc2cnc(NC3=CCC(=NS(C)(=O)=O)C=C3)nc21. The van der Waals surface area contributed by atoms with E-state index < -0.39 is 15.6 Å². The maximum absolute atomic E-state index is 13.0. The van der Waals surface area contributed by atoms with Crippen LogP contribution < -0.4 is 10.9 Å². The third-order valence-corrected chi connectivity index (χ3v) is 6.78. The molecule has 0 spiro atoms. The highest BCUT2D eigenvalue weighted by Crippen LogP contribution is 2.39.